The van der Waals surface area contributed by atoms with Crippen molar-refractivity contribution in [2.75, 3.05) is 11.1 Å². The van der Waals surface area contributed by atoms with Gasteiger partial charge >= 0.3 is 0 Å². The van der Waals surface area contributed by atoms with Crippen LogP contribution in [0.25, 0.3) is 0 Å². The van der Waals surface area contributed by atoms with Crippen LogP contribution in [-0.4, -0.2) is 12.1 Å². The highest BCUT2D eigenvalue weighted by atomic mass is 16.5. The Bertz CT molecular complexity index is 361. The highest BCUT2D eigenvalue weighted by molar-refractivity contribution is 5.59. The van der Waals surface area contributed by atoms with Gasteiger partial charge in [-0.25, -0.2) is 0 Å². The summed E-state index contributed by atoms with van der Waals surface area (Å²) in [6, 6.07) is 5.85. The predicted octanol–water partition coefficient (Wildman–Crippen LogP) is 3.04. The van der Waals surface area contributed by atoms with Crippen LogP contribution < -0.4 is 15.8 Å². The normalized spacial score (nSPS) is 12.2. The number of rotatable bonds is 5. The van der Waals surface area contributed by atoms with Crippen LogP contribution in [0.5, 0.6) is 5.75 Å². The minimum Gasteiger partial charge on any atom is -0.491 e. The van der Waals surface area contributed by atoms with Crippen LogP contribution in [-0.2, 0) is 0 Å². The van der Waals surface area contributed by atoms with Gasteiger partial charge in [-0.05, 0) is 26.8 Å². The summed E-state index contributed by atoms with van der Waals surface area (Å²) in [6.45, 7) is 9.73. The zero-order chi connectivity index (χ0) is 12.1. The summed E-state index contributed by atoms with van der Waals surface area (Å²) in [5.74, 6) is 0.786. The average molecular weight is 220 g/mol. The van der Waals surface area contributed by atoms with Crippen molar-refractivity contribution in [1.82, 2.24) is 0 Å². The SMILES string of the molecule is C=CC(C)Nc1cc(N)cc(OC(C)C)c1. The molecule has 1 aromatic carbocycles. The van der Waals surface area contributed by atoms with Gasteiger partial charge < -0.3 is 15.8 Å². The van der Waals surface area contributed by atoms with Gasteiger partial charge in [0.15, 0.2) is 0 Å². The molecule has 0 aliphatic rings. The predicted molar refractivity (Wildman–Crippen MR) is 69.9 cm³/mol. The van der Waals surface area contributed by atoms with Gasteiger partial charge in [-0.15, -0.1) is 6.58 Å². The minimum absolute atomic E-state index is 0.145. The van der Waals surface area contributed by atoms with Crippen LogP contribution in [0.2, 0.25) is 0 Å². The van der Waals surface area contributed by atoms with Gasteiger partial charge in [-0.3, -0.25) is 0 Å². The molecule has 0 saturated heterocycles. The van der Waals surface area contributed by atoms with Crippen LogP contribution in [0, 0.1) is 0 Å². The van der Waals surface area contributed by atoms with Crippen LogP contribution in [0.4, 0.5) is 11.4 Å². The van der Waals surface area contributed by atoms with Gasteiger partial charge in [-0.2, -0.15) is 0 Å². The number of nitrogen functional groups attached to an aromatic ring is 1. The molecule has 1 rings (SSSR count). The zero-order valence-corrected chi connectivity index (χ0v) is 10.2. The molecule has 0 aromatic heterocycles. The smallest absolute Gasteiger partial charge is 0.123 e. The van der Waals surface area contributed by atoms with Gasteiger partial charge in [0.2, 0.25) is 0 Å². The average Bonchev–Trinajstić information content (AvgIpc) is 2.15. The Morgan fingerprint density at radius 2 is 2.00 bits per heavy atom. The van der Waals surface area contributed by atoms with E-state index in [1.54, 1.807) is 0 Å². The Kier molecular flexibility index (Phi) is 4.23. The van der Waals surface area contributed by atoms with E-state index in [-0.39, 0.29) is 12.1 Å². The van der Waals surface area contributed by atoms with Crippen molar-refractivity contribution in [3.63, 3.8) is 0 Å². The molecule has 0 fully saturated rings. The molecule has 3 heteroatoms. The van der Waals surface area contributed by atoms with E-state index in [0.29, 0.717) is 5.69 Å². The van der Waals surface area contributed by atoms with Crippen molar-refractivity contribution in [2.45, 2.75) is 32.9 Å². The molecule has 0 aliphatic heterocycles. The molecule has 3 N–H and O–H groups in total. The fraction of sp³-hybridized carbons (Fsp3) is 0.385. The summed E-state index contributed by atoms with van der Waals surface area (Å²) in [5, 5.41) is 3.27. The fourth-order valence-electron chi connectivity index (χ4n) is 1.37. The highest BCUT2D eigenvalue weighted by Crippen LogP contribution is 2.24. The first-order valence-corrected chi connectivity index (χ1v) is 5.47. The Morgan fingerprint density at radius 3 is 2.56 bits per heavy atom. The van der Waals surface area contributed by atoms with Gasteiger partial charge in [0.1, 0.15) is 5.75 Å². The lowest BCUT2D eigenvalue weighted by Crippen LogP contribution is -2.12. The molecule has 1 aromatic rings. The van der Waals surface area contributed by atoms with Gasteiger partial charge in [-0.1, -0.05) is 6.08 Å². The Labute approximate surface area is 97.3 Å². The summed E-state index contributed by atoms with van der Waals surface area (Å²) in [4.78, 5) is 0. The maximum absolute atomic E-state index is 5.81. The lowest BCUT2D eigenvalue weighted by atomic mass is 10.2. The van der Waals surface area contributed by atoms with E-state index >= 15 is 0 Å². The summed E-state index contributed by atoms with van der Waals surface area (Å²) < 4.78 is 5.61. The van der Waals surface area contributed by atoms with E-state index in [1.807, 2.05) is 45.0 Å². The van der Waals surface area contributed by atoms with Crippen molar-refractivity contribution in [3.8, 4) is 5.75 Å². The molecule has 0 amide bonds. The molecule has 0 spiro atoms. The third-order valence-electron chi connectivity index (χ3n) is 2.05. The van der Waals surface area contributed by atoms with Crippen LogP contribution >= 0.6 is 0 Å². The maximum Gasteiger partial charge on any atom is 0.123 e. The molecular formula is C13H20N2O. The molecule has 0 heterocycles. The largest absolute Gasteiger partial charge is 0.491 e. The molecule has 0 radical (unpaired) electrons. The maximum atomic E-state index is 5.81. The first-order chi connectivity index (χ1) is 7.51. The molecule has 16 heavy (non-hydrogen) atoms. The Balaban J connectivity index is 2.85. The third kappa shape index (κ3) is 3.85. The standard InChI is InChI=1S/C13H20N2O/c1-5-10(4)15-12-6-11(14)7-13(8-12)16-9(2)3/h5-10,15H,1,14H2,2-4H3. The summed E-state index contributed by atoms with van der Waals surface area (Å²) in [7, 11) is 0. The Hall–Kier alpha value is -1.64. The van der Waals surface area contributed by atoms with Gasteiger partial charge in [0.25, 0.3) is 0 Å². The van der Waals surface area contributed by atoms with E-state index in [1.165, 1.54) is 0 Å². The molecule has 1 atom stereocenters. The first-order valence-electron chi connectivity index (χ1n) is 5.47. The number of benzene rings is 1. The van der Waals surface area contributed by atoms with Crippen molar-refractivity contribution >= 4 is 11.4 Å². The third-order valence-corrected chi connectivity index (χ3v) is 2.05. The van der Waals surface area contributed by atoms with Crippen molar-refractivity contribution in [3.05, 3.63) is 30.9 Å². The van der Waals surface area contributed by atoms with Crippen molar-refractivity contribution < 1.29 is 4.74 Å². The second kappa shape index (κ2) is 5.45. The number of hydrogen-bond donors (Lipinski definition) is 2. The second-order valence-electron chi connectivity index (χ2n) is 4.13. The molecular weight excluding hydrogens is 200 g/mol. The molecule has 1 unspecified atom stereocenters. The van der Waals surface area contributed by atoms with E-state index in [4.69, 9.17) is 10.5 Å². The van der Waals surface area contributed by atoms with E-state index in [2.05, 4.69) is 11.9 Å². The highest BCUT2D eigenvalue weighted by Gasteiger charge is 2.03. The van der Waals surface area contributed by atoms with Crippen LogP contribution in [0.15, 0.2) is 30.9 Å². The molecule has 0 saturated carbocycles. The van der Waals surface area contributed by atoms with Crippen molar-refractivity contribution in [1.29, 1.82) is 0 Å². The molecule has 0 bridgehead atoms. The number of hydrogen-bond acceptors (Lipinski definition) is 3. The van der Waals surface area contributed by atoms with Crippen LogP contribution in [0.3, 0.4) is 0 Å². The lowest BCUT2D eigenvalue weighted by molar-refractivity contribution is 0.242. The fourth-order valence-corrected chi connectivity index (χ4v) is 1.37. The summed E-state index contributed by atoms with van der Waals surface area (Å²) in [5.41, 5.74) is 7.45. The molecule has 3 nitrogen and oxygen atoms in total. The van der Waals surface area contributed by atoms with Gasteiger partial charge in [0.05, 0.1) is 6.10 Å². The minimum atomic E-state index is 0.145. The van der Waals surface area contributed by atoms with E-state index in [0.717, 1.165) is 11.4 Å². The number of ether oxygens (including phenoxy) is 1. The number of nitrogens with one attached hydrogen (secondary N) is 1. The summed E-state index contributed by atoms with van der Waals surface area (Å²) in [6.07, 6.45) is 1.98. The van der Waals surface area contributed by atoms with Gasteiger partial charge in [0, 0.05) is 29.5 Å². The monoisotopic (exact) mass is 220 g/mol. The number of anilines is 2. The van der Waals surface area contributed by atoms with Crippen molar-refractivity contribution in [2.24, 2.45) is 0 Å². The van der Waals surface area contributed by atoms with E-state index < -0.39 is 0 Å². The zero-order valence-electron chi connectivity index (χ0n) is 10.2. The first kappa shape index (κ1) is 12.4. The lowest BCUT2D eigenvalue weighted by Gasteiger charge is -2.15. The molecule has 0 aliphatic carbocycles. The number of nitrogens with two attached hydrogens (primary N) is 1. The summed E-state index contributed by atoms with van der Waals surface area (Å²) >= 11 is 0. The van der Waals surface area contributed by atoms with Crippen LogP contribution in [0.1, 0.15) is 20.8 Å². The molecule has 88 valence electrons. The Morgan fingerprint density at radius 1 is 1.31 bits per heavy atom. The quantitative estimate of drug-likeness (QED) is 0.592. The second-order valence-corrected chi connectivity index (χ2v) is 4.13. The topological polar surface area (TPSA) is 47.3 Å². The van der Waals surface area contributed by atoms with E-state index in [9.17, 15) is 0 Å².